The Morgan fingerprint density at radius 1 is 1.28 bits per heavy atom. The number of hydrogen-bond donors (Lipinski definition) is 2. The van der Waals surface area contributed by atoms with Crippen LogP contribution in [0.15, 0.2) is 0 Å². The van der Waals surface area contributed by atoms with Gasteiger partial charge in [-0.1, -0.05) is 27.7 Å². The lowest BCUT2D eigenvalue weighted by atomic mass is 9.94. The highest BCUT2D eigenvalue weighted by molar-refractivity contribution is 5.76. The molecule has 1 unspecified atom stereocenters. The molecule has 0 aliphatic rings. The zero-order valence-corrected chi connectivity index (χ0v) is 12.5. The second-order valence-electron chi connectivity index (χ2n) is 5.31. The molecule has 0 aromatic rings. The predicted octanol–water partition coefficient (Wildman–Crippen LogP) is 1.46. The summed E-state index contributed by atoms with van der Waals surface area (Å²) in [6, 6.07) is 0. The monoisotopic (exact) mass is 257 g/mol. The summed E-state index contributed by atoms with van der Waals surface area (Å²) in [5, 5.41) is 2.98. The van der Waals surface area contributed by atoms with Crippen LogP contribution in [0.2, 0.25) is 0 Å². The van der Waals surface area contributed by atoms with Crippen LogP contribution >= 0.6 is 0 Å². The van der Waals surface area contributed by atoms with Crippen molar-refractivity contribution in [2.75, 3.05) is 32.7 Å². The van der Waals surface area contributed by atoms with Gasteiger partial charge in [-0.05, 0) is 37.9 Å². The third-order valence-electron chi connectivity index (χ3n) is 3.26. The van der Waals surface area contributed by atoms with Gasteiger partial charge in [-0.2, -0.15) is 0 Å². The molecule has 0 aromatic heterocycles. The van der Waals surface area contributed by atoms with Crippen LogP contribution in [0.4, 0.5) is 0 Å². The Bertz CT molecular complexity index is 215. The zero-order valence-electron chi connectivity index (χ0n) is 12.5. The van der Waals surface area contributed by atoms with Gasteiger partial charge >= 0.3 is 0 Å². The zero-order chi connectivity index (χ0) is 14.0. The summed E-state index contributed by atoms with van der Waals surface area (Å²) in [4.78, 5) is 14.1. The van der Waals surface area contributed by atoms with Crippen LogP contribution in [-0.4, -0.2) is 43.5 Å². The molecule has 0 radical (unpaired) electrons. The van der Waals surface area contributed by atoms with Gasteiger partial charge in [0.25, 0.3) is 0 Å². The normalized spacial score (nSPS) is 13.1. The second kappa shape index (κ2) is 10.3. The Hall–Kier alpha value is -0.610. The Morgan fingerprint density at radius 3 is 2.33 bits per heavy atom. The van der Waals surface area contributed by atoms with Crippen molar-refractivity contribution in [3.8, 4) is 0 Å². The van der Waals surface area contributed by atoms with Crippen molar-refractivity contribution >= 4 is 5.91 Å². The summed E-state index contributed by atoms with van der Waals surface area (Å²) in [6.07, 6.45) is 1.59. The molecule has 0 fully saturated rings. The molecule has 4 nitrogen and oxygen atoms in total. The van der Waals surface area contributed by atoms with Crippen molar-refractivity contribution in [2.24, 2.45) is 17.6 Å². The average Bonchev–Trinajstić information content (AvgIpc) is 2.33. The van der Waals surface area contributed by atoms with Gasteiger partial charge in [0, 0.05) is 19.5 Å². The SMILES string of the molecule is CCN(CC)CCNC(=O)CC(CN)CC(C)C. The van der Waals surface area contributed by atoms with Gasteiger partial charge in [0.1, 0.15) is 0 Å². The lowest BCUT2D eigenvalue weighted by molar-refractivity contribution is -0.122. The molecule has 108 valence electrons. The minimum atomic E-state index is 0.137. The van der Waals surface area contributed by atoms with E-state index in [1.165, 1.54) is 0 Å². The minimum absolute atomic E-state index is 0.137. The molecular weight excluding hydrogens is 226 g/mol. The summed E-state index contributed by atoms with van der Waals surface area (Å²) in [5.41, 5.74) is 5.70. The number of likely N-dealkylation sites (N-methyl/N-ethyl adjacent to an activating group) is 1. The van der Waals surface area contributed by atoms with Gasteiger partial charge in [0.05, 0.1) is 0 Å². The molecule has 0 saturated carbocycles. The number of nitrogens with two attached hydrogens (primary N) is 1. The third-order valence-corrected chi connectivity index (χ3v) is 3.26. The first kappa shape index (κ1) is 17.4. The van der Waals surface area contributed by atoms with Crippen LogP contribution in [0.1, 0.15) is 40.5 Å². The van der Waals surface area contributed by atoms with Crippen LogP contribution in [-0.2, 0) is 4.79 Å². The Labute approximate surface area is 112 Å². The highest BCUT2D eigenvalue weighted by Crippen LogP contribution is 2.13. The van der Waals surface area contributed by atoms with Gasteiger partial charge in [-0.3, -0.25) is 4.79 Å². The van der Waals surface area contributed by atoms with Crippen molar-refractivity contribution < 1.29 is 4.79 Å². The van der Waals surface area contributed by atoms with Gasteiger partial charge in [-0.25, -0.2) is 0 Å². The van der Waals surface area contributed by atoms with Gasteiger partial charge < -0.3 is 16.0 Å². The summed E-state index contributed by atoms with van der Waals surface area (Å²) in [6.45, 7) is 12.9. The fourth-order valence-electron chi connectivity index (χ4n) is 2.16. The molecule has 18 heavy (non-hydrogen) atoms. The average molecular weight is 257 g/mol. The molecule has 0 aliphatic heterocycles. The van der Waals surface area contributed by atoms with Crippen LogP contribution in [0.3, 0.4) is 0 Å². The molecule has 1 amide bonds. The van der Waals surface area contributed by atoms with Crippen LogP contribution in [0.25, 0.3) is 0 Å². The van der Waals surface area contributed by atoms with E-state index < -0.39 is 0 Å². The summed E-state index contributed by atoms with van der Waals surface area (Å²) in [5.74, 6) is 1.05. The highest BCUT2D eigenvalue weighted by Gasteiger charge is 2.13. The smallest absolute Gasteiger partial charge is 0.220 e. The molecule has 0 spiro atoms. The van der Waals surface area contributed by atoms with Gasteiger partial charge in [-0.15, -0.1) is 0 Å². The Balaban J connectivity index is 3.81. The third kappa shape index (κ3) is 8.48. The fraction of sp³-hybridized carbons (Fsp3) is 0.929. The maximum Gasteiger partial charge on any atom is 0.220 e. The molecular formula is C14H31N3O. The van der Waals surface area contributed by atoms with E-state index in [1.807, 2.05) is 0 Å². The first-order chi connectivity index (χ1) is 8.53. The number of amides is 1. The number of rotatable bonds is 10. The second-order valence-corrected chi connectivity index (χ2v) is 5.31. The van der Waals surface area contributed by atoms with E-state index >= 15 is 0 Å². The molecule has 3 N–H and O–H groups in total. The van der Waals surface area contributed by atoms with Crippen molar-refractivity contribution in [2.45, 2.75) is 40.5 Å². The van der Waals surface area contributed by atoms with E-state index in [1.54, 1.807) is 0 Å². The largest absolute Gasteiger partial charge is 0.355 e. The molecule has 4 heteroatoms. The predicted molar refractivity (Wildman–Crippen MR) is 77.4 cm³/mol. The minimum Gasteiger partial charge on any atom is -0.355 e. The molecule has 0 rings (SSSR count). The van der Waals surface area contributed by atoms with Crippen molar-refractivity contribution in [1.82, 2.24) is 10.2 Å². The molecule has 1 atom stereocenters. The number of carbonyl (C=O) groups excluding carboxylic acids is 1. The quantitative estimate of drug-likeness (QED) is 0.623. The Morgan fingerprint density at radius 2 is 1.89 bits per heavy atom. The number of carbonyl (C=O) groups is 1. The molecule has 0 bridgehead atoms. The first-order valence-corrected chi connectivity index (χ1v) is 7.22. The van der Waals surface area contributed by atoms with Gasteiger partial charge in [0.2, 0.25) is 5.91 Å². The summed E-state index contributed by atoms with van der Waals surface area (Å²) >= 11 is 0. The molecule has 0 aromatic carbocycles. The highest BCUT2D eigenvalue weighted by atomic mass is 16.1. The van der Waals surface area contributed by atoms with E-state index in [9.17, 15) is 4.79 Å². The first-order valence-electron chi connectivity index (χ1n) is 7.22. The van der Waals surface area contributed by atoms with Crippen molar-refractivity contribution in [3.63, 3.8) is 0 Å². The summed E-state index contributed by atoms with van der Waals surface area (Å²) in [7, 11) is 0. The molecule has 0 aliphatic carbocycles. The maximum atomic E-state index is 11.8. The van der Waals surface area contributed by atoms with Crippen molar-refractivity contribution in [3.05, 3.63) is 0 Å². The van der Waals surface area contributed by atoms with Crippen molar-refractivity contribution in [1.29, 1.82) is 0 Å². The topological polar surface area (TPSA) is 58.4 Å². The van der Waals surface area contributed by atoms with E-state index in [-0.39, 0.29) is 5.91 Å². The number of nitrogens with one attached hydrogen (secondary N) is 1. The maximum absolute atomic E-state index is 11.8. The fourth-order valence-corrected chi connectivity index (χ4v) is 2.16. The standard InChI is InChI=1S/C14H31N3O/c1-5-17(6-2)8-7-16-14(18)10-13(11-15)9-12(3)4/h12-13H,5-11,15H2,1-4H3,(H,16,18). The number of nitrogens with zero attached hydrogens (tertiary/aromatic N) is 1. The summed E-state index contributed by atoms with van der Waals surface area (Å²) < 4.78 is 0. The van der Waals surface area contributed by atoms with Crippen LogP contribution in [0.5, 0.6) is 0 Å². The van der Waals surface area contributed by atoms with E-state index in [0.29, 0.717) is 24.8 Å². The Kier molecular flexibility index (Phi) is 9.98. The molecule has 0 heterocycles. The molecule has 0 saturated heterocycles. The lowest BCUT2D eigenvalue weighted by Gasteiger charge is -2.19. The van der Waals surface area contributed by atoms with E-state index in [0.717, 1.165) is 32.6 Å². The van der Waals surface area contributed by atoms with Gasteiger partial charge in [0.15, 0.2) is 0 Å². The lowest BCUT2D eigenvalue weighted by Crippen LogP contribution is -2.36. The number of hydrogen-bond acceptors (Lipinski definition) is 3. The van der Waals surface area contributed by atoms with Crippen LogP contribution in [0, 0.1) is 11.8 Å². The van der Waals surface area contributed by atoms with E-state index in [4.69, 9.17) is 5.73 Å². The van der Waals surface area contributed by atoms with Crippen LogP contribution < -0.4 is 11.1 Å². The van der Waals surface area contributed by atoms with E-state index in [2.05, 4.69) is 37.9 Å².